The molecule has 1 aromatic rings. The summed E-state index contributed by atoms with van der Waals surface area (Å²) in [7, 11) is 0. The summed E-state index contributed by atoms with van der Waals surface area (Å²) in [6, 6.07) is 5.06. The van der Waals surface area contributed by atoms with E-state index < -0.39 is 0 Å². The van der Waals surface area contributed by atoms with Crippen LogP contribution >= 0.6 is 23.2 Å². The minimum absolute atomic E-state index is 0.117. The van der Waals surface area contributed by atoms with Gasteiger partial charge in [-0.05, 0) is 37.6 Å². The second-order valence-corrected chi connectivity index (χ2v) is 5.40. The predicted octanol–water partition coefficient (Wildman–Crippen LogP) is 2.87. The monoisotopic (exact) mass is 286 g/mol. The Bertz CT molecular complexity index is 409. The van der Waals surface area contributed by atoms with Crippen LogP contribution < -0.4 is 10.6 Å². The van der Waals surface area contributed by atoms with E-state index in [1.165, 1.54) is 0 Å². The number of halogens is 2. The van der Waals surface area contributed by atoms with Gasteiger partial charge in [-0.1, -0.05) is 29.6 Å². The number of hydrogen-bond acceptors (Lipinski definition) is 2. The second-order valence-electron chi connectivity index (χ2n) is 4.53. The Kier molecular flexibility index (Phi) is 4.87. The fourth-order valence-corrected chi connectivity index (χ4v) is 2.62. The molecule has 0 aromatic heterocycles. The maximum atomic E-state index is 12.1. The van der Waals surface area contributed by atoms with Crippen LogP contribution in [0, 0.1) is 0 Å². The van der Waals surface area contributed by atoms with E-state index in [-0.39, 0.29) is 11.9 Å². The van der Waals surface area contributed by atoms with Crippen LogP contribution in [0.5, 0.6) is 0 Å². The van der Waals surface area contributed by atoms with Gasteiger partial charge >= 0.3 is 0 Å². The molecule has 18 heavy (non-hydrogen) atoms. The van der Waals surface area contributed by atoms with E-state index in [1.54, 1.807) is 18.2 Å². The quantitative estimate of drug-likeness (QED) is 0.878. The maximum Gasteiger partial charge on any atom is 0.251 e. The second kappa shape index (κ2) is 6.41. The highest BCUT2D eigenvalue weighted by Crippen LogP contribution is 2.19. The normalized spacial score (nSPS) is 20.2. The van der Waals surface area contributed by atoms with Gasteiger partial charge in [0.1, 0.15) is 0 Å². The minimum Gasteiger partial charge on any atom is -0.348 e. The number of hydrogen-bond donors (Lipinski definition) is 2. The van der Waals surface area contributed by atoms with Gasteiger partial charge in [0.15, 0.2) is 0 Å². The standard InChI is InChI=1S/C13H16Cl2N2O/c14-10-5-9(6-11(15)7-10)13(18)17-12-3-1-2-4-16-8-12/h5-7,12,16H,1-4,8H2,(H,17,18). The van der Waals surface area contributed by atoms with Crippen LogP contribution in [0.25, 0.3) is 0 Å². The molecule has 1 heterocycles. The fraction of sp³-hybridized carbons (Fsp3) is 0.462. The highest BCUT2D eigenvalue weighted by molar-refractivity contribution is 6.35. The average molecular weight is 287 g/mol. The maximum absolute atomic E-state index is 12.1. The summed E-state index contributed by atoms with van der Waals surface area (Å²) in [6.45, 7) is 1.84. The van der Waals surface area contributed by atoms with E-state index in [0.29, 0.717) is 15.6 Å². The third kappa shape index (κ3) is 3.87. The van der Waals surface area contributed by atoms with Gasteiger partial charge in [-0.2, -0.15) is 0 Å². The molecule has 1 atom stereocenters. The zero-order valence-electron chi connectivity index (χ0n) is 10.0. The van der Waals surface area contributed by atoms with Crippen molar-refractivity contribution in [3.05, 3.63) is 33.8 Å². The number of rotatable bonds is 2. The Labute approximate surface area is 117 Å². The van der Waals surface area contributed by atoms with E-state index in [1.807, 2.05) is 0 Å². The molecule has 1 aliphatic heterocycles. The molecule has 1 unspecified atom stereocenters. The summed E-state index contributed by atoms with van der Waals surface area (Å²) < 4.78 is 0. The van der Waals surface area contributed by atoms with Crippen LogP contribution in [0.1, 0.15) is 29.6 Å². The molecule has 0 bridgehead atoms. The molecule has 2 N–H and O–H groups in total. The Morgan fingerprint density at radius 2 is 1.94 bits per heavy atom. The van der Waals surface area contributed by atoms with E-state index in [2.05, 4.69) is 10.6 Å². The first-order valence-corrected chi connectivity index (χ1v) is 6.88. The lowest BCUT2D eigenvalue weighted by Gasteiger charge is -2.16. The number of carbonyl (C=O) groups excluding carboxylic acids is 1. The molecule has 1 aliphatic rings. The van der Waals surface area contributed by atoms with Gasteiger partial charge in [0.25, 0.3) is 5.91 Å². The molecule has 0 aliphatic carbocycles. The van der Waals surface area contributed by atoms with Crippen LogP contribution in [-0.4, -0.2) is 25.0 Å². The molecule has 0 saturated carbocycles. The smallest absolute Gasteiger partial charge is 0.251 e. The first-order valence-electron chi connectivity index (χ1n) is 6.13. The highest BCUT2D eigenvalue weighted by Gasteiger charge is 2.16. The number of nitrogens with one attached hydrogen (secondary N) is 2. The van der Waals surface area contributed by atoms with Crippen LogP contribution in [0.3, 0.4) is 0 Å². The van der Waals surface area contributed by atoms with Crippen LogP contribution in [0.4, 0.5) is 0 Å². The topological polar surface area (TPSA) is 41.1 Å². The fourth-order valence-electron chi connectivity index (χ4n) is 2.10. The molecule has 0 radical (unpaired) electrons. The lowest BCUT2D eigenvalue weighted by molar-refractivity contribution is 0.0935. The van der Waals surface area contributed by atoms with Crippen molar-refractivity contribution >= 4 is 29.1 Å². The van der Waals surface area contributed by atoms with Crippen LogP contribution in [0.2, 0.25) is 10.0 Å². The summed E-state index contributed by atoms with van der Waals surface area (Å²) in [5.41, 5.74) is 0.511. The van der Waals surface area contributed by atoms with Crippen molar-refractivity contribution in [1.29, 1.82) is 0 Å². The molecule has 98 valence electrons. The first kappa shape index (κ1) is 13.7. The molecule has 1 amide bonds. The van der Waals surface area contributed by atoms with Crippen LogP contribution in [0.15, 0.2) is 18.2 Å². The molecule has 0 spiro atoms. The van der Waals surface area contributed by atoms with Gasteiger partial charge in [-0.25, -0.2) is 0 Å². The number of carbonyl (C=O) groups is 1. The summed E-state index contributed by atoms with van der Waals surface area (Å²) in [6.07, 6.45) is 3.30. The largest absolute Gasteiger partial charge is 0.348 e. The van der Waals surface area contributed by atoms with E-state index >= 15 is 0 Å². The summed E-state index contributed by atoms with van der Waals surface area (Å²) in [4.78, 5) is 12.1. The van der Waals surface area contributed by atoms with Gasteiger partial charge in [-0.3, -0.25) is 4.79 Å². The SMILES string of the molecule is O=C(NC1CCCCNC1)c1cc(Cl)cc(Cl)c1. The molecule has 1 fully saturated rings. The van der Waals surface area contributed by atoms with Crippen molar-refractivity contribution < 1.29 is 4.79 Å². The Morgan fingerprint density at radius 3 is 2.67 bits per heavy atom. The Hall–Kier alpha value is -0.770. The molecule has 1 saturated heterocycles. The van der Waals surface area contributed by atoms with Crippen molar-refractivity contribution in [2.45, 2.75) is 25.3 Å². The third-order valence-electron chi connectivity index (χ3n) is 3.01. The van der Waals surface area contributed by atoms with Crippen molar-refractivity contribution in [3.63, 3.8) is 0 Å². The van der Waals surface area contributed by atoms with E-state index in [0.717, 1.165) is 32.4 Å². The van der Waals surface area contributed by atoms with Gasteiger partial charge in [0, 0.05) is 28.2 Å². The van der Waals surface area contributed by atoms with Crippen molar-refractivity contribution in [2.75, 3.05) is 13.1 Å². The highest BCUT2D eigenvalue weighted by atomic mass is 35.5. The van der Waals surface area contributed by atoms with Gasteiger partial charge in [-0.15, -0.1) is 0 Å². The zero-order valence-corrected chi connectivity index (χ0v) is 11.5. The summed E-state index contributed by atoms with van der Waals surface area (Å²) in [5, 5.41) is 7.28. The van der Waals surface area contributed by atoms with E-state index in [4.69, 9.17) is 23.2 Å². The van der Waals surface area contributed by atoms with Crippen LogP contribution in [-0.2, 0) is 0 Å². The number of amides is 1. The van der Waals surface area contributed by atoms with Crippen molar-refractivity contribution in [1.82, 2.24) is 10.6 Å². The first-order chi connectivity index (χ1) is 8.65. The molecule has 2 rings (SSSR count). The predicted molar refractivity (Wildman–Crippen MR) is 74.4 cm³/mol. The molecule has 3 nitrogen and oxygen atoms in total. The van der Waals surface area contributed by atoms with Gasteiger partial charge in [0.2, 0.25) is 0 Å². The summed E-state index contributed by atoms with van der Waals surface area (Å²) in [5.74, 6) is -0.117. The summed E-state index contributed by atoms with van der Waals surface area (Å²) >= 11 is 11.8. The van der Waals surface area contributed by atoms with Crippen molar-refractivity contribution in [3.8, 4) is 0 Å². The molecular weight excluding hydrogens is 271 g/mol. The van der Waals surface area contributed by atoms with Crippen molar-refractivity contribution in [2.24, 2.45) is 0 Å². The zero-order chi connectivity index (χ0) is 13.0. The molecule has 5 heteroatoms. The lowest BCUT2D eigenvalue weighted by atomic mass is 10.1. The minimum atomic E-state index is -0.117. The lowest BCUT2D eigenvalue weighted by Crippen LogP contribution is -2.40. The van der Waals surface area contributed by atoms with Gasteiger partial charge in [0.05, 0.1) is 0 Å². The average Bonchev–Trinajstić information content (AvgIpc) is 2.56. The number of benzene rings is 1. The van der Waals surface area contributed by atoms with Gasteiger partial charge < -0.3 is 10.6 Å². The molecule has 1 aromatic carbocycles. The third-order valence-corrected chi connectivity index (χ3v) is 3.44. The Balaban J connectivity index is 2.01. The molecular formula is C13H16Cl2N2O. The Morgan fingerprint density at radius 1 is 1.22 bits per heavy atom. The van der Waals surface area contributed by atoms with E-state index in [9.17, 15) is 4.79 Å².